The van der Waals surface area contributed by atoms with Crippen LogP contribution in [0.15, 0.2) is 146 Å². The summed E-state index contributed by atoms with van der Waals surface area (Å²) in [7, 11) is 0. The Morgan fingerprint density at radius 3 is 2.29 bits per heavy atom. The van der Waals surface area contributed by atoms with E-state index in [2.05, 4.69) is 49.1 Å². The summed E-state index contributed by atoms with van der Waals surface area (Å²) in [5.74, 6) is 1.34. The Morgan fingerprint density at radius 1 is 0.709 bits per heavy atom. The maximum atomic E-state index is 14.5. The fourth-order valence-corrected chi connectivity index (χ4v) is 8.14. The largest absolute Gasteiger partial charge is 2.00 e. The Hall–Kier alpha value is -5.98. The molecule has 0 N–H and O–H groups in total. The number of hydrogen-bond donors (Lipinski definition) is 0. The smallest absolute Gasteiger partial charge is 0.656 e. The standard InChI is InChI=1S/C46H30F3N5.Pt/c1-45(2)34-19-7-9-22-38(34)54(44-36(45)20-12-26-50-44)30-16-10-13-28(27-30)31-18-11-23-39-41(31)52-43(53(39)29-14-4-3-5-15-29)33-24-25-35(46(47,48)49)40-32-17-6-8-21-37(32)51-42(33)40;/h3-26H,1-2H3;/q-2;+2. The maximum absolute atomic E-state index is 14.5. The molecule has 1 aliphatic rings. The van der Waals surface area contributed by atoms with Gasteiger partial charge in [0.05, 0.1) is 16.6 Å². The van der Waals surface area contributed by atoms with Gasteiger partial charge >= 0.3 is 27.2 Å². The Labute approximate surface area is 329 Å². The fourth-order valence-electron chi connectivity index (χ4n) is 8.14. The third-order valence-electron chi connectivity index (χ3n) is 10.6. The van der Waals surface area contributed by atoms with Crippen LogP contribution in [0.2, 0.25) is 0 Å². The molecule has 0 radical (unpaired) electrons. The van der Waals surface area contributed by atoms with E-state index in [4.69, 9.17) is 15.0 Å². The SMILES string of the molecule is CC1(C)c2ccccc2N(c2[c-]c(-c3cccc4c3nc(-c3ccc(C(F)(F)F)c5c3[n-]c3ccccc35)n4-c3ccccc3)ccc2)c2ncccc21.[Pt+2]. The monoisotopic (exact) mass is 904 g/mol. The van der Waals surface area contributed by atoms with Gasteiger partial charge in [-0.15, -0.1) is 40.9 Å². The first-order chi connectivity index (χ1) is 26.2. The molecule has 0 fully saturated rings. The number of imidazole rings is 1. The van der Waals surface area contributed by atoms with Crippen molar-refractivity contribution in [1.29, 1.82) is 0 Å². The van der Waals surface area contributed by atoms with Gasteiger partial charge in [0.15, 0.2) is 0 Å². The van der Waals surface area contributed by atoms with Crippen molar-refractivity contribution < 1.29 is 34.2 Å². The summed E-state index contributed by atoms with van der Waals surface area (Å²) in [6.07, 6.45) is -2.75. The second-order valence-corrected chi connectivity index (χ2v) is 14.1. The van der Waals surface area contributed by atoms with Gasteiger partial charge in [0, 0.05) is 34.1 Å². The van der Waals surface area contributed by atoms with Crippen molar-refractivity contribution in [3.05, 3.63) is 168 Å². The molecule has 0 aliphatic carbocycles. The molecule has 0 saturated heterocycles. The fraction of sp³-hybridized carbons (Fsp3) is 0.0870. The average Bonchev–Trinajstić information content (AvgIpc) is 3.77. The maximum Gasteiger partial charge on any atom is 2.00 e. The Balaban J connectivity index is 0.00000397. The molecule has 0 unspecified atom stereocenters. The second kappa shape index (κ2) is 12.8. The first-order valence-electron chi connectivity index (χ1n) is 17.7. The first kappa shape index (κ1) is 34.8. The molecule has 0 bridgehead atoms. The van der Waals surface area contributed by atoms with Crippen molar-refractivity contribution in [2.45, 2.75) is 25.4 Å². The molecule has 6 aromatic carbocycles. The summed E-state index contributed by atoms with van der Waals surface area (Å²) in [6.45, 7) is 4.45. The van der Waals surface area contributed by atoms with Gasteiger partial charge in [-0.3, -0.25) is 4.57 Å². The minimum absolute atomic E-state index is 0. The van der Waals surface area contributed by atoms with E-state index in [1.54, 1.807) is 24.3 Å². The second-order valence-electron chi connectivity index (χ2n) is 14.1. The molecule has 270 valence electrons. The molecule has 0 atom stereocenters. The number of pyridine rings is 1. The third kappa shape index (κ3) is 5.34. The van der Waals surface area contributed by atoms with Crippen molar-refractivity contribution in [2.24, 2.45) is 0 Å². The van der Waals surface area contributed by atoms with Crippen LogP contribution >= 0.6 is 0 Å². The zero-order valence-corrected chi connectivity index (χ0v) is 31.8. The minimum Gasteiger partial charge on any atom is -0.656 e. The van der Waals surface area contributed by atoms with Gasteiger partial charge in [0.25, 0.3) is 0 Å². The summed E-state index contributed by atoms with van der Waals surface area (Å²) < 4.78 is 45.6. The molecule has 55 heavy (non-hydrogen) atoms. The normalized spacial score (nSPS) is 13.5. The van der Waals surface area contributed by atoms with E-state index in [0.717, 1.165) is 51.2 Å². The van der Waals surface area contributed by atoms with Crippen LogP contribution in [0.3, 0.4) is 0 Å². The molecular formula is C46H30F3N5Pt. The van der Waals surface area contributed by atoms with Crippen molar-refractivity contribution in [1.82, 2.24) is 19.5 Å². The molecule has 5 nitrogen and oxygen atoms in total. The van der Waals surface area contributed by atoms with E-state index in [0.29, 0.717) is 27.8 Å². The predicted molar refractivity (Wildman–Crippen MR) is 209 cm³/mol. The molecule has 0 saturated carbocycles. The van der Waals surface area contributed by atoms with Crippen molar-refractivity contribution in [3.63, 3.8) is 0 Å². The van der Waals surface area contributed by atoms with E-state index < -0.39 is 11.7 Å². The zero-order valence-electron chi connectivity index (χ0n) is 29.5. The molecule has 1 aliphatic heterocycles. The Morgan fingerprint density at radius 2 is 1.45 bits per heavy atom. The molecule has 0 spiro atoms. The summed E-state index contributed by atoms with van der Waals surface area (Å²) in [4.78, 5) is 17.1. The Bertz CT molecular complexity index is 2880. The number of rotatable bonds is 4. The number of alkyl halides is 3. The molecule has 4 heterocycles. The number of anilines is 3. The van der Waals surface area contributed by atoms with Crippen LogP contribution in [0.1, 0.15) is 30.5 Å². The van der Waals surface area contributed by atoms with Crippen molar-refractivity contribution >= 4 is 50.0 Å². The number of aromatic nitrogens is 4. The molecule has 10 rings (SSSR count). The molecule has 3 aromatic heterocycles. The van der Waals surface area contributed by atoms with Crippen LogP contribution < -0.4 is 9.88 Å². The molecule has 9 heteroatoms. The van der Waals surface area contributed by atoms with Gasteiger partial charge in [-0.1, -0.05) is 104 Å². The predicted octanol–water partition coefficient (Wildman–Crippen LogP) is 11.9. The van der Waals surface area contributed by atoms with Crippen LogP contribution in [-0.4, -0.2) is 14.5 Å². The quantitative estimate of drug-likeness (QED) is 0.165. The van der Waals surface area contributed by atoms with Gasteiger partial charge in [0.2, 0.25) is 0 Å². The number of nitrogens with zero attached hydrogens (tertiary/aromatic N) is 5. The number of fused-ring (bicyclic) bond motifs is 6. The van der Waals surface area contributed by atoms with Crippen LogP contribution in [0, 0.1) is 6.07 Å². The van der Waals surface area contributed by atoms with E-state index >= 15 is 0 Å². The summed E-state index contributed by atoms with van der Waals surface area (Å²) in [5.41, 5.74) is 8.42. The molecule has 0 amide bonds. The summed E-state index contributed by atoms with van der Waals surface area (Å²) in [5, 5.41) is 0.525. The van der Waals surface area contributed by atoms with Crippen LogP contribution in [0.4, 0.5) is 30.4 Å². The van der Waals surface area contributed by atoms with E-state index in [-0.39, 0.29) is 37.4 Å². The topological polar surface area (TPSA) is 48.1 Å². The van der Waals surface area contributed by atoms with E-state index in [1.807, 2.05) is 89.6 Å². The number of benzene rings is 6. The van der Waals surface area contributed by atoms with Gasteiger partial charge in [-0.05, 0) is 58.4 Å². The minimum atomic E-state index is -4.57. The zero-order chi connectivity index (χ0) is 36.8. The number of para-hydroxylation sites is 4. The van der Waals surface area contributed by atoms with Crippen LogP contribution in [0.5, 0.6) is 0 Å². The van der Waals surface area contributed by atoms with E-state index in [1.165, 1.54) is 11.6 Å². The van der Waals surface area contributed by atoms with Crippen LogP contribution in [0.25, 0.3) is 61.0 Å². The van der Waals surface area contributed by atoms with Gasteiger partial charge < -0.3 is 9.88 Å². The van der Waals surface area contributed by atoms with Gasteiger partial charge in [0.1, 0.15) is 11.6 Å². The summed E-state index contributed by atoms with van der Waals surface area (Å²) in [6, 6.07) is 47.7. The molecule has 9 aromatic rings. The Kier molecular flexibility index (Phi) is 8.10. The first-order valence-corrected chi connectivity index (χ1v) is 17.7. The number of halogens is 3. The number of hydrogen-bond acceptors (Lipinski definition) is 3. The summed E-state index contributed by atoms with van der Waals surface area (Å²) >= 11 is 0. The van der Waals surface area contributed by atoms with Crippen molar-refractivity contribution in [3.8, 4) is 28.2 Å². The van der Waals surface area contributed by atoms with Crippen LogP contribution in [-0.2, 0) is 32.7 Å². The molecular weight excluding hydrogens is 875 g/mol. The van der Waals surface area contributed by atoms with Gasteiger partial charge in [-0.25, -0.2) is 9.97 Å². The van der Waals surface area contributed by atoms with Crippen molar-refractivity contribution in [2.75, 3.05) is 4.90 Å². The third-order valence-corrected chi connectivity index (χ3v) is 10.6. The average molecular weight is 905 g/mol. The van der Waals surface area contributed by atoms with Gasteiger partial charge in [-0.2, -0.15) is 13.2 Å². The van der Waals surface area contributed by atoms with E-state index in [9.17, 15) is 13.2 Å².